The maximum atomic E-state index is 11.2. The van der Waals surface area contributed by atoms with Gasteiger partial charge in [-0.05, 0) is 77.3 Å². The molecule has 5 atom stereocenters. The highest BCUT2D eigenvalue weighted by Crippen LogP contribution is 2.47. The van der Waals surface area contributed by atoms with E-state index in [2.05, 4.69) is 77.3 Å². The van der Waals surface area contributed by atoms with Crippen LogP contribution in [-0.4, -0.2) is 33.1 Å². The quantitative estimate of drug-likeness (QED) is 0.251. The van der Waals surface area contributed by atoms with E-state index in [1.807, 2.05) is 12.3 Å². The van der Waals surface area contributed by atoms with Crippen molar-refractivity contribution in [3.8, 4) is 28.3 Å². The molecule has 0 saturated heterocycles. The molecular formula is C34H35N3O3. The SMILES string of the molecule is COc1cnc(-c2ccc(-c3cccc4c3CCC4C(C)C(C)Cc3ccc(C4C[C@@H]4C(=O)O)nc3)cc2)cn1. The smallest absolute Gasteiger partial charge is 0.307 e. The Balaban J connectivity index is 1.14. The van der Waals surface area contributed by atoms with Gasteiger partial charge >= 0.3 is 5.97 Å². The molecule has 1 fully saturated rings. The lowest BCUT2D eigenvalue weighted by atomic mass is 9.78. The van der Waals surface area contributed by atoms with Crippen LogP contribution in [0.2, 0.25) is 0 Å². The van der Waals surface area contributed by atoms with Crippen LogP contribution in [0.25, 0.3) is 22.4 Å². The lowest BCUT2D eigenvalue weighted by Gasteiger charge is -2.27. The van der Waals surface area contributed by atoms with E-state index >= 15 is 0 Å². The largest absolute Gasteiger partial charge is 0.481 e. The molecule has 2 aromatic heterocycles. The van der Waals surface area contributed by atoms with Crippen molar-refractivity contribution in [2.75, 3.05) is 7.11 Å². The molecule has 6 rings (SSSR count). The minimum Gasteiger partial charge on any atom is -0.481 e. The molecule has 4 aromatic rings. The van der Waals surface area contributed by atoms with E-state index in [1.165, 1.54) is 34.2 Å². The number of pyridine rings is 1. The molecular weight excluding hydrogens is 498 g/mol. The number of hydrogen-bond donors (Lipinski definition) is 1. The van der Waals surface area contributed by atoms with E-state index in [0.717, 1.165) is 29.8 Å². The van der Waals surface area contributed by atoms with E-state index < -0.39 is 5.97 Å². The number of ether oxygens (including phenoxy) is 1. The standard InChI is InChI=1S/C34H35N3O3/c1-20(15-22-7-14-31(35-17-22)29-16-30(29)34(38)39)21(2)25-12-13-28-26(5-4-6-27(25)28)23-8-10-24(11-9-23)32-18-37-33(40-3)19-36-32/h4-11,14,17-21,25,29-30H,12-13,15-16H2,1-3H3,(H,38,39)/t20?,21?,25?,29?,30-/m0/s1. The second-order valence-corrected chi connectivity index (χ2v) is 11.5. The average Bonchev–Trinajstić information content (AvgIpc) is 3.69. The van der Waals surface area contributed by atoms with Gasteiger partial charge in [0, 0.05) is 23.4 Å². The number of nitrogens with zero attached hydrogens (tertiary/aromatic N) is 3. The summed E-state index contributed by atoms with van der Waals surface area (Å²) < 4.78 is 5.13. The Morgan fingerprint density at radius 3 is 2.42 bits per heavy atom. The first-order valence-corrected chi connectivity index (χ1v) is 14.2. The van der Waals surface area contributed by atoms with Gasteiger partial charge in [-0.1, -0.05) is 62.4 Å². The summed E-state index contributed by atoms with van der Waals surface area (Å²) in [5, 5.41) is 9.21. The fourth-order valence-electron chi connectivity index (χ4n) is 6.42. The Morgan fingerprint density at radius 2 is 1.77 bits per heavy atom. The van der Waals surface area contributed by atoms with Gasteiger partial charge in [0.25, 0.3) is 0 Å². The van der Waals surface area contributed by atoms with Gasteiger partial charge in [0.05, 0.1) is 31.1 Å². The zero-order valence-corrected chi connectivity index (χ0v) is 23.2. The third kappa shape index (κ3) is 5.10. The number of benzene rings is 2. The summed E-state index contributed by atoms with van der Waals surface area (Å²) in [6.45, 7) is 4.74. The summed E-state index contributed by atoms with van der Waals surface area (Å²) >= 11 is 0. The Morgan fingerprint density at radius 1 is 0.975 bits per heavy atom. The van der Waals surface area contributed by atoms with Gasteiger partial charge in [0.2, 0.25) is 5.88 Å². The van der Waals surface area contributed by atoms with Gasteiger partial charge in [-0.25, -0.2) is 9.97 Å². The highest BCUT2D eigenvalue weighted by molar-refractivity contribution is 5.75. The van der Waals surface area contributed by atoms with Crippen molar-refractivity contribution in [2.45, 2.75) is 51.4 Å². The van der Waals surface area contributed by atoms with E-state index in [4.69, 9.17) is 4.74 Å². The molecule has 2 aromatic carbocycles. The number of carbonyl (C=O) groups is 1. The predicted octanol–water partition coefficient (Wildman–Crippen LogP) is 6.95. The number of carboxylic acid groups (broad SMARTS) is 1. The summed E-state index contributed by atoms with van der Waals surface area (Å²) in [7, 11) is 1.59. The predicted molar refractivity (Wildman–Crippen MR) is 155 cm³/mol. The fraction of sp³-hybridized carbons (Fsp3) is 0.353. The maximum Gasteiger partial charge on any atom is 0.307 e. The number of methoxy groups -OCH3 is 1. The van der Waals surface area contributed by atoms with Crippen LogP contribution in [0, 0.1) is 17.8 Å². The molecule has 0 amide bonds. The van der Waals surface area contributed by atoms with Crippen molar-refractivity contribution < 1.29 is 14.6 Å². The molecule has 2 aliphatic carbocycles. The summed E-state index contributed by atoms with van der Waals surface area (Å²) in [6, 6.07) is 19.6. The van der Waals surface area contributed by atoms with Crippen LogP contribution in [0.5, 0.6) is 5.88 Å². The van der Waals surface area contributed by atoms with Crippen molar-refractivity contribution in [3.63, 3.8) is 0 Å². The summed E-state index contributed by atoms with van der Waals surface area (Å²) in [5.74, 6) is 1.20. The van der Waals surface area contributed by atoms with Gasteiger partial charge in [-0.3, -0.25) is 9.78 Å². The second kappa shape index (κ2) is 10.8. The number of carboxylic acids is 1. The van der Waals surface area contributed by atoms with E-state index in [1.54, 1.807) is 19.5 Å². The minimum absolute atomic E-state index is 0.0828. The first kappa shape index (κ1) is 26.2. The zero-order valence-electron chi connectivity index (χ0n) is 23.2. The zero-order chi connectivity index (χ0) is 27.8. The maximum absolute atomic E-state index is 11.2. The molecule has 0 aliphatic heterocycles. The van der Waals surface area contributed by atoms with E-state index in [-0.39, 0.29) is 11.8 Å². The van der Waals surface area contributed by atoms with Crippen LogP contribution >= 0.6 is 0 Å². The number of rotatable bonds is 9. The molecule has 40 heavy (non-hydrogen) atoms. The molecule has 2 aliphatic rings. The fourth-order valence-corrected chi connectivity index (χ4v) is 6.42. The van der Waals surface area contributed by atoms with Gasteiger partial charge in [-0.15, -0.1) is 0 Å². The first-order valence-electron chi connectivity index (χ1n) is 14.2. The Bertz CT molecular complexity index is 1500. The first-order chi connectivity index (χ1) is 19.4. The number of aromatic nitrogens is 3. The molecule has 1 N–H and O–H groups in total. The number of fused-ring (bicyclic) bond motifs is 1. The Labute approximate surface area is 235 Å². The highest BCUT2D eigenvalue weighted by Gasteiger charge is 2.45. The molecule has 6 nitrogen and oxygen atoms in total. The third-order valence-electron chi connectivity index (χ3n) is 9.07. The van der Waals surface area contributed by atoms with Crippen LogP contribution in [-0.2, 0) is 17.6 Å². The highest BCUT2D eigenvalue weighted by atomic mass is 16.5. The van der Waals surface area contributed by atoms with Gasteiger partial charge in [0.1, 0.15) is 0 Å². The van der Waals surface area contributed by atoms with Crippen LogP contribution < -0.4 is 4.74 Å². The average molecular weight is 534 g/mol. The summed E-state index contributed by atoms with van der Waals surface area (Å²) in [6.07, 6.45) is 9.30. The van der Waals surface area contributed by atoms with Crippen molar-refractivity contribution in [2.24, 2.45) is 17.8 Å². The Kier molecular flexibility index (Phi) is 7.09. The molecule has 0 spiro atoms. The Hall–Kier alpha value is -4.06. The van der Waals surface area contributed by atoms with Crippen LogP contribution in [0.3, 0.4) is 0 Å². The summed E-state index contributed by atoms with van der Waals surface area (Å²) in [5.41, 5.74) is 9.53. The number of hydrogen-bond acceptors (Lipinski definition) is 5. The molecule has 0 bridgehead atoms. The summed E-state index contributed by atoms with van der Waals surface area (Å²) in [4.78, 5) is 24.6. The molecule has 1 saturated carbocycles. The molecule has 6 heteroatoms. The van der Waals surface area contributed by atoms with Crippen LogP contribution in [0.4, 0.5) is 0 Å². The van der Waals surface area contributed by atoms with Crippen LogP contribution in [0.1, 0.15) is 60.9 Å². The topological polar surface area (TPSA) is 85.2 Å². The lowest BCUT2D eigenvalue weighted by Crippen LogP contribution is -2.18. The normalized spacial score (nSPS) is 20.9. The van der Waals surface area contributed by atoms with E-state index in [0.29, 0.717) is 30.1 Å². The van der Waals surface area contributed by atoms with Crippen molar-refractivity contribution >= 4 is 5.97 Å². The molecule has 0 radical (unpaired) electrons. The second-order valence-electron chi connectivity index (χ2n) is 11.5. The lowest BCUT2D eigenvalue weighted by molar-refractivity contribution is -0.138. The molecule has 2 heterocycles. The van der Waals surface area contributed by atoms with Crippen molar-refractivity contribution in [1.82, 2.24) is 15.0 Å². The van der Waals surface area contributed by atoms with Gasteiger partial charge < -0.3 is 9.84 Å². The van der Waals surface area contributed by atoms with Crippen molar-refractivity contribution in [3.05, 3.63) is 95.6 Å². The monoisotopic (exact) mass is 533 g/mol. The third-order valence-corrected chi connectivity index (χ3v) is 9.07. The van der Waals surface area contributed by atoms with Gasteiger partial charge in [-0.2, -0.15) is 0 Å². The molecule has 204 valence electrons. The van der Waals surface area contributed by atoms with Crippen LogP contribution in [0.15, 0.2) is 73.2 Å². The molecule has 4 unspecified atom stereocenters. The van der Waals surface area contributed by atoms with E-state index in [9.17, 15) is 9.90 Å². The number of aliphatic carboxylic acids is 1. The van der Waals surface area contributed by atoms with Gasteiger partial charge in [0.15, 0.2) is 0 Å². The minimum atomic E-state index is -0.709. The van der Waals surface area contributed by atoms with Crippen molar-refractivity contribution in [1.29, 1.82) is 0 Å².